The highest BCUT2D eigenvalue weighted by Gasteiger charge is 1.96. The van der Waals surface area contributed by atoms with E-state index < -0.39 is 0 Å². The van der Waals surface area contributed by atoms with Crippen LogP contribution in [0, 0.1) is 6.92 Å². The first-order valence-electron chi connectivity index (χ1n) is 4.18. The smallest absolute Gasteiger partial charge is 0.120 e. The summed E-state index contributed by atoms with van der Waals surface area (Å²) in [5.41, 5.74) is 2.32. The summed E-state index contributed by atoms with van der Waals surface area (Å²) in [6.07, 6.45) is 5.28. The number of unbranched alkanes of at least 4 members (excludes halogenated alkanes) is 1. The molecule has 1 aromatic heterocycles. The van der Waals surface area contributed by atoms with E-state index in [0.717, 1.165) is 24.8 Å². The number of hydrogen-bond acceptors (Lipinski definition) is 2. The molecular weight excluding hydrogens is 150 g/mol. The topological polar surface area (TPSA) is 30.0 Å². The van der Waals surface area contributed by atoms with Gasteiger partial charge in [-0.1, -0.05) is 6.07 Å². The van der Waals surface area contributed by atoms with Gasteiger partial charge in [0, 0.05) is 18.3 Å². The molecule has 0 atom stereocenters. The predicted octanol–water partition coefficient (Wildman–Crippen LogP) is 1.91. The van der Waals surface area contributed by atoms with Crippen LogP contribution in [0.25, 0.3) is 0 Å². The third-order valence-corrected chi connectivity index (χ3v) is 1.88. The second kappa shape index (κ2) is 4.65. The molecule has 0 spiro atoms. The second-order valence-corrected chi connectivity index (χ2v) is 2.81. The highest BCUT2D eigenvalue weighted by atomic mass is 16.1. The van der Waals surface area contributed by atoms with E-state index in [1.807, 2.05) is 13.0 Å². The molecule has 12 heavy (non-hydrogen) atoms. The van der Waals surface area contributed by atoms with Gasteiger partial charge in [-0.2, -0.15) is 0 Å². The molecule has 0 N–H and O–H groups in total. The van der Waals surface area contributed by atoms with Crippen LogP contribution >= 0.6 is 0 Å². The quantitative estimate of drug-likeness (QED) is 0.501. The molecule has 2 heteroatoms. The molecule has 0 aliphatic heterocycles. The summed E-state index contributed by atoms with van der Waals surface area (Å²) >= 11 is 0. The first-order chi connectivity index (χ1) is 5.84. The molecule has 2 nitrogen and oxygen atoms in total. The van der Waals surface area contributed by atoms with Crippen LogP contribution < -0.4 is 0 Å². The first-order valence-corrected chi connectivity index (χ1v) is 4.18. The minimum absolute atomic E-state index is 0.647. The van der Waals surface area contributed by atoms with Crippen molar-refractivity contribution in [2.75, 3.05) is 0 Å². The number of carbonyl (C=O) groups is 1. The van der Waals surface area contributed by atoms with Gasteiger partial charge in [0.25, 0.3) is 0 Å². The SMILES string of the molecule is Cc1ncccc1CCCC=O. The summed E-state index contributed by atoms with van der Waals surface area (Å²) in [5.74, 6) is 0. The summed E-state index contributed by atoms with van der Waals surface area (Å²) in [6.45, 7) is 2.00. The Bertz CT molecular complexity index is 258. The molecule has 0 bridgehead atoms. The Labute approximate surface area is 72.6 Å². The van der Waals surface area contributed by atoms with Gasteiger partial charge in [-0.3, -0.25) is 4.98 Å². The molecule has 64 valence electrons. The number of hydrogen-bond donors (Lipinski definition) is 0. The van der Waals surface area contributed by atoms with E-state index in [1.54, 1.807) is 6.20 Å². The molecule has 0 saturated carbocycles. The third-order valence-electron chi connectivity index (χ3n) is 1.88. The molecule has 0 fully saturated rings. The fraction of sp³-hybridized carbons (Fsp3) is 0.400. The van der Waals surface area contributed by atoms with E-state index in [2.05, 4.69) is 11.1 Å². The number of pyridine rings is 1. The highest BCUT2D eigenvalue weighted by molar-refractivity contribution is 5.49. The fourth-order valence-electron chi connectivity index (χ4n) is 1.16. The summed E-state index contributed by atoms with van der Waals surface area (Å²) in [7, 11) is 0. The van der Waals surface area contributed by atoms with E-state index in [9.17, 15) is 4.79 Å². The number of nitrogens with zero attached hydrogens (tertiary/aromatic N) is 1. The van der Waals surface area contributed by atoms with Gasteiger partial charge < -0.3 is 4.79 Å². The van der Waals surface area contributed by atoms with Crippen molar-refractivity contribution in [3.05, 3.63) is 29.6 Å². The van der Waals surface area contributed by atoms with Crippen LogP contribution in [0.3, 0.4) is 0 Å². The van der Waals surface area contributed by atoms with Crippen molar-refractivity contribution in [3.63, 3.8) is 0 Å². The lowest BCUT2D eigenvalue weighted by molar-refractivity contribution is -0.107. The van der Waals surface area contributed by atoms with E-state index in [4.69, 9.17) is 0 Å². The molecule has 1 heterocycles. The Hall–Kier alpha value is -1.18. The largest absolute Gasteiger partial charge is 0.303 e. The van der Waals surface area contributed by atoms with Crippen molar-refractivity contribution in [1.29, 1.82) is 0 Å². The van der Waals surface area contributed by atoms with Crippen LogP contribution in [-0.2, 0) is 11.2 Å². The molecule has 0 aliphatic rings. The van der Waals surface area contributed by atoms with Crippen LogP contribution in [0.2, 0.25) is 0 Å². The van der Waals surface area contributed by atoms with Crippen LogP contribution in [0.1, 0.15) is 24.1 Å². The van der Waals surface area contributed by atoms with Gasteiger partial charge in [0.2, 0.25) is 0 Å². The van der Waals surface area contributed by atoms with Crippen molar-refractivity contribution in [3.8, 4) is 0 Å². The summed E-state index contributed by atoms with van der Waals surface area (Å²) in [4.78, 5) is 14.2. The molecule has 0 aliphatic carbocycles. The number of aryl methyl sites for hydroxylation is 2. The summed E-state index contributed by atoms with van der Waals surface area (Å²) in [6, 6.07) is 4.00. The Morgan fingerprint density at radius 1 is 1.58 bits per heavy atom. The molecule has 0 saturated heterocycles. The van der Waals surface area contributed by atoms with Crippen molar-refractivity contribution in [2.45, 2.75) is 26.2 Å². The van der Waals surface area contributed by atoms with Crippen LogP contribution in [0.15, 0.2) is 18.3 Å². The number of carbonyl (C=O) groups excluding carboxylic acids is 1. The van der Waals surface area contributed by atoms with Gasteiger partial charge in [-0.05, 0) is 31.4 Å². The van der Waals surface area contributed by atoms with Gasteiger partial charge in [0.1, 0.15) is 6.29 Å². The minimum atomic E-state index is 0.647. The normalized spacial score (nSPS) is 9.75. The maximum Gasteiger partial charge on any atom is 0.120 e. The highest BCUT2D eigenvalue weighted by Crippen LogP contribution is 2.07. The summed E-state index contributed by atoms with van der Waals surface area (Å²) in [5, 5.41) is 0. The predicted molar refractivity (Wildman–Crippen MR) is 48.0 cm³/mol. The van der Waals surface area contributed by atoms with Crippen LogP contribution in [-0.4, -0.2) is 11.3 Å². The average Bonchev–Trinajstić information content (AvgIpc) is 2.09. The Morgan fingerprint density at radius 3 is 3.08 bits per heavy atom. The standard InChI is InChI=1S/C10H13NO/c1-9-10(5-2-3-8-12)6-4-7-11-9/h4,6-8H,2-3,5H2,1H3. The van der Waals surface area contributed by atoms with E-state index in [1.165, 1.54) is 5.56 Å². The van der Waals surface area contributed by atoms with Crippen LogP contribution in [0.5, 0.6) is 0 Å². The number of aromatic nitrogens is 1. The lowest BCUT2D eigenvalue weighted by Gasteiger charge is -2.01. The Morgan fingerprint density at radius 2 is 2.42 bits per heavy atom. The monoisotopic (exact) mass is 163 g/mol. The molecule has 1 rings (SSSR count). The fourth-order valence-corrected chi connectivity index (χ4v) is 1.16. The Balaban J connectivity index is 2.51. The van der Waals surface area contributed by atoms with Gasteiger partial charge in [-0.15, -0.1) is 0 Å². The van der Waals surface area contributed by atoms with Crippen molar-refractivity contribution in [2.24, 2.45) is 0 Å². The molecule has 1 aromatic rings. The van der Waals surface area contributed by atoms with E-state index >= 15 is 0 Å². The number of rotatable bonds is 4. The van der Waals surface area contributed by atoms with Gasteiger partial charge in [0.15, 0.2) is 0 Å². The maximum absolute atomic E-state index is 10.1. The lowest BCUT2D eigenvalue weighted by atomic mass is 10.1. The second-order valence-electron chi connectivity index (χ2n) is 2.81. The van der Waals surface area contributed by atoms with Crippen molar-refractivity contribution in [1.82, 2.24) is 4.98 Å². The first kappa shape index (κ1) is 8.91. The van der Waals surface area contributed by atoms with Gasteiger partial charge >= 0.3 is 0 Å². The van der Waals surface area contributed by atoms with Crippen molar-refractivity contribution < 1.29 is 4.79 Å². The summed E-state index contributed by atoms with van der Waals surface area (Å²) < 4.78 is 0. The minimum Gasteiger partial charge on any atom is -0.303 e. The van der Waals surface area contributed by atoms with Gasteiger partial charge in [-0.25, -0.2) is 0 Å². The molecule has 0 amide bonds. The zero-order chi connectivity index (χ0) is 8.81. The van der Waals surface area contributed by atoms with Crippen molar-refractivity contribution >= 4 is 6.29 Å². The lowest BCUT2D eigenvalue weighted by Crippen LogP contribution is -1.92. The zero-order valence-corrected chi connectivity index (χ0v) is 7.29. The maximum atomic E-state index is 10.1. The molecule has 0 aromatic carbocycles. The molecule has 0 unspecified atom stereocenters. The zero-order valence-electron chi connectivity index (χ0n) is 7.29. The van der Waals surface area contributed by atoms with Gasteiger partial charge in [0.05, 0.1) is 0 Å². The number of aldehydes is 1. The van der Waals surface area contributed by atoms with E-state index in [0.29, 0.717) is 6.42 Å². The molecule has 0 radical (unpaired) electrons. The average molecular weight is 163 g/mol. The third kappa shape index (κ3) is 2.46. The molecular formula is C10H13NO. The van der Waals surface area contributed by atoms with Crippen LogP contribution in [0.4, 0.5) is 0 Å². The van der Waals surface area contributed by atoms with E-state index in [-0.39, 0.29) is 0 Å². The Kier molecular flexibility index (Phi) is 3.45.